The van der Waals surface area contributed by atoms with Gasteiger partial charge >= 0.3 is 6.18 Å². The van der Waals surface area contributed by atoms with E-state index in [4.69, 9.17) is 0 Å². The topological polar surface area (TPSA) is 58.2 Å². The van der Waals surface area contributed by atoms with E-state index >= 15 is 0 Å². The highest BCUT2D eigenvalue weighted by molar-refractivity contribution is 5.91. The summed E-state index contributed by atoms with van der Waals surface area (Å²) in [5, 5.41) is 5.03. The smallest absolute Gasteiger partial charge is 0.355 e. The molecule has 0 unspecified atom stereocenters. The standard InChI is InChI=1S/C14H15F3N2O2/c1-10(20)18-8-9-19-13(21)7-4-11-2-5-12(6-3-11)14(15,16)17/h2-7H,8-9H2,1H3,(H,18,20)(H,19,21). The Kier molecular flexibility index (Phi) is 5.95. The molecule has 1 rings (SSSR count). The summed E-state index contributed by atoms with van der Waals surface area (Å²) in [4.78, 5) is 22.0. The van der Waals surface area contributed by atoms with E-state index < -0.39 is 11.7 Å². The summed E-state index contributed by atoms with van der Waals surface area (Å²) in [5.74, 6) is -0.579. The van der Waals surface area contributed by atoms with Crippen molar-refractivity contribution in [2.45, 2.75) is 13.1 Å². The maximum Gasteiger partial charge on any atom is 0.416 e. The van der Waals surface area contributed by atoms with Crippen LogP contribution in [0, 0.1) is 0 Å². The highest BCUT2D eigenvalue weighted by atomic mass is 19.4. The zero-order valence-electron chi connectivity index (χ0n) is 11.3. The molecule has 0 radical (unpaired) electrons. The van der Waals surface area contributed by atoms with E-state index in [1.54, 1.807) is 0 Å². The first kappa shape index (κ1) is 16.7. The zero-order valence-corrected chi connectivity index (χ0v) is 11.3. The molecule has 0 aliphatic carbocycles. The Morgan fingerprint density at radius 2 is 1.67 bits per heavy atom. The van der Waals surface area contributed by atoms with Gasteiger partial charge in [0.05, 0.1) is 5.56 Å². The van der Waals surface area contributed by atoms with E-state index in [9.17, 15) is 22.8 Å². The van der Waals surface area contributed by atoms with Gasteiger partial charge in [0.15, 0.2) is 0 Å². The van der Waals surface area contributed by atoms with Crippen LogP contribution in [0.25, 0.3) is 6.08 Å². The molecule has 0 fully saturated rings. The molecule has 0 aromatic heterocycles. The summed E-state index contributed by atoms with van der Waals surface area (Å²) in [5.41, 5.74) is -0.251. The lowest BCUT2D eigenvalue weighted by atomic mass is 10.1. The Morgan fingerprint density at radius 3 is 2.19 bits per heavy atom. The maximum atomic E-state index is 12.4. The summed E-state index contributed by atoms with van der Waals surface area (Å²) in [6.45, 7) is 1.96. The predicted octanol–water partition coefficient (Wildman–Crippen LogP) is 1.97. The number of rotatable bonds is 5. The molecule has 21 heavy (non-hydrogen) atoms. The van der Waals surface area contributed by atoms with E-state index in [0.717, 1.165) is 12.1 Å². The maximum absolute atomic E-state index is 12.4. The van der Waals surface area contributed by atoms with E-state index in [-0.39, 0.29) is 18.4 Å². The van der Waals surface area contributed by atoms with Crippen LogP contribution in [0.4, 0.5) is 13.2 Å². The van der Waals surface area contributed by atoms with Crippen molar-refractivity contribution < 1.29 is 22.8 Å². The minimum absolute atomic E-state index is 0.190. The summed E-state index contributed by atoms with van der Waals surface area (Å²) in [6.07, 6.45) is -1.74. The lowest BCUT2D eigenvalue weighted by Crippen LogP contribution is -2.32. The molecule has 0 atom stereocenters. The molecule has 2 amide bonds. The van der Waals surface area contributed by atoms with Gasteiger partial charge in [-0.25, -0.2) is 0 Å². The first-order valence-corrected chi connectivity index (χ1v) is 6.16. The van der Waals surface area contributed by atoms with Gasteiger partial charge in [0.25, 0.3) is 0 Å². The monoisotopic (exact) mass is 300 g/mol. The average Bonchev–Trinajstić information content (AvgIpc) is 2.40. The third-order valence-electron chi connectivity index (χ3n) is 2.46. The van der Waals surface area contributed by atoms with Crippen molar-refractivity contribution in [3.63, 3.8) is 0 Å². The third kappa shape index (κ3) is 6.60. The Balaban J connectivity index is 2.45. The largest absolute Gasteiger partial charge is 0.416 e. The van der Waals surface area contributed by atoms with Crippen molar-refractivity contribution in [2.75, 3.05) is 13.1 Å². The van der Waals surface area contributed by atoms with Crippen molar-refractivity contribution >= 4 is 17.9 Å². The van der Waals surface area contributed by atoms with Crippen LogP contribution in [-0.4, -0.2) is 24.9 Å². The summed E-state index contributed by atoms with van der Waals surface area (Å²) in [7, 11) is 0. The van der Waals surface area contributed by atoms with Gasteiger partial charge in [0, 0.05) is 26.1 Å². The number of alkyl halides is 3. The van der Waals surface area contributed by atoms with Gasteiger partial charge in [0.1, 0.15) is 0 Å². The molecule has 0 saturated carbocycles. The van der Waals surface area contributed by atoms with E-state index in [1.165, 1.54) is 31.2 Å². The first-order chi connectivity index (χ1) is 9.79. The Hall–Kier alpha value is -2.31. The average molecular weight is 300 g/mol. The molecule has 7 heteroatoms. The fourth-order valence-corrected chi connectivity index (χ4v) is 1.44. The van der Waals surface area contributed by atoms with Gasteiger partial charge in [-0.15, -0.1) is 0 Å². The van der Waals surface area contributed by atoms with Crippen molar-refractivity contribution in [3.05, 3.63) is 41.5 Å². The fourth-order valence-electron chi connectivity index (χ4n) is 1.44. The van der Waals surface area contributed by atoms with Gasteiger partial charge in [-0.3, -0.25) is 9.59 Å². The number of carbonyl (C=O) groups is 2. The normalized spacial score (nSPS) is 11.4. The molecule has 1 aromatic carbocycles. The predicted molar refractivity (Wildman–Crippen MR) is 72.2 cm³/mol. The summed E-state index contributed by atoms with van der Waals surface area (Å²) < 4.78 is 37.1. The van der Waals surface area contributed by atoms with E-state index in [2.05, 4.69) is 10.6 Å². The molecule has 0 heterocycles. The van der Waals surface area contributed by atoms with Crippen LogP contribution in [-0.2, 0) is 15.8 Å². The minimum atomic E-state index is -4.37. The van der Waals surface area contributed by atoms with Gasteiger partial charge in [0.2, 0.25) is 11.8 Å². The molecule has 0 saturated heterocycles. The number of halogens is 3. The first-order valence-electron chi connectivity index (χ1n) is 6.16. The van der Waals surface area contributed by atoms with Crippen LogP contribution in [0.15, 0.2) is 30.3 Å². The highest BCUT2D eigenvalue weighted by Crippen LogP contribution is 2.29. The lowest BCUT2D eigenvalue weighted by molar-refractivity contribution is -0.137. The molecule has 114 valence electrons. The second-order valence-electron chi connectivity index (χ2n) is 4.23. The van der Waals surface area contributed by atoms with Crippen LogP contribution in [0.5, 0.6) is 0 Å². The van der Waals surface area contributed by atoms with Gasteiger partial charge < -0.3 is 10.6 Å². The van der Waals surface area contributed by atoms with Crippen molar-refractivity contribution in [1.82, 2.24) is 10.6 Å². The fraction of sp³-hybridized carbons (Fsp3) is 0.286. The number of amides is 2. The highest BCUT2D eigenvalue weighted by Gasteiger charge is 2.29. The number of benzene rings is 1. The molecule has 2 N–H and O–H groups in total. The number of hydrogen-bond donors (Lipinski definition) is 2. The SMILES string of the molecule is CC(=O)NCCNC(=O)C=Cc1ccc(C(F)(F)F)cc1. The quantitative estimate of drug-likeness (QED) is 0.645. The number of carbonyl (C=O) groups excluding carboxylic acids is 2. The minimum Gasteiger partial charge on any atom is -0.355 e. The Morgan fingerprint density at radius 1 is 1.10 bits per heavy atom. The van der Waals surface area contributed by atoms with E-state index in [0.29, 0.717) is 12.1 Å². The van der Waals surface area contributed by atoms with Crippen molar-refractivity contribution in [2.24, 2.45) is 0 Å². The van der Waals surface area contributed by atoms with Crippen LogP contribution in [0.2, 0.25) is 0 Å². The second kappa shape index (κ2) is 7.47. The van der Waals surface area contributed by atoms with Crippen LogP contribution >= 0.6 is 0 Å². The lowest BCUT2D eigenvalue weighted by Gasteiger charge is -2.06. The van der Waals surface area contributed by atoms with Crippen molar-refractivity contribution in [3.8, 4) is 0 Å². The third-order valence-corrected chi connectivity index (χ3v) is 2.46. The van der Waals surface area contributed by atoms with Gasteiger partial charge in [-0.1, -0.05) is 12.1 Å². The molecule has 0 spiro atoms. The molecular weight excluding hydrogens is 285 g/mol. The summed E-state index contributed by atoms with van der Waals surface area (Å²) >= 11 is 0. The zero-order chi connectivity index (χ0) is 15.9. The molecule has 4 nitrogen and oxygen atoms in total. The van der Waals surface area contributed by atoms with E-state index in [1.807, 2.05) is 0 Å². The molecule has 1 aromatic rings. The number of hydrogen-bond acceptors (Lipinski definition) is 2. The van der Waals surface area contributed by atoms with Crippen LogP contribution < -0.4 is 10.6 Å². The molecule has 0 aliphatic heterocycles. The Labute approximate surface area is 120 Å². The van der Waals surface area contributed by atoms with Gasteiger partial charge in [-0.2, -0.15) is 13.2 Å². The van der Waals surface area contributed by atoms with Crippen LogP contribution in [0.3, 0.4) is 0 Å². The summed E-state index contributed by atoms with van der Waals surface area (Å²) in [6, 6.07) is 4.47. The molecule has 0 bridgehead atoms. The van der Waals surface area contributed by atoms with Gasteiger partial charge in [-0.05, 0) is 23.8 Å². The van der Waals surface area contributed by atoms with Crippen molar-refractivity contribution in [1.29, 1.82) is 0 Å². The second-order valence-corrected chi connectivity index (χ2v) is 4.23. The number of nitrogens with one attached hydrogen (secondary N) is 2. The molecular formula is C14H15F3N2O2. The molecule has 0 aliphatic rings. The van der Waals surface area contributed by atoms with Crippen LogP contribution in [0.1, 0.15) is 18.1 Å². The Bertz CT molecular complexity index is 522.